The molecule has 112 valence electrons. The van der Waals surface area contributed by atoms with Crippen molar-refractivity contribution < 1.29 is 19.0 Å². The number of benzene rings is 1. The molecule has 1 aromatic carbocycles. The summed E-state index contributed by atoms with van der Waals surface area (Å²) in [6, 6.07) is 4.99. The van der Waals surface area contributed by atoms with Crippen molar-refractivity contribution in [1.82, 2.24) is 4.90 Å². The molecular formula is C15H22FNO3. The lowest BCUT2D eigenvalue weighted by atomic mass is 10.0. The van der Waals surface area contributed by atoms with Crippen LogP contribution in [0.1, 0.15) is 19.4 Å². The third kappa shape index (κ3) is 3.69. The van der Waals surface area contributed by atoms with Gasteiger partial charge in [-0.05, 0) is 31.5 Å². The van der Waals surface area contributed by atoms with Crippen LogP contribution in [0, 0.1) is 5.82 Å². The first kappa shape index (κ1) is 15.2. The summed E-state index contributed by atoms with van der Waals surface area (Å²) in [5.41, 5.74) is 0.578. The summed E-state index contributed by atoms with van der Waals surface area (Å²) in [6.07, 6.45) is -0.193. The molecule has 1 aliphatic rings. The Labute approximate surface area is 119 Å². The highest BCUT2D eigenvalue weighted by molar-refractivity contribution is 5.29. The molecule has 0 radical (unpaired) electrons. The minimum absolute atomic E-state index is 0.00307. The second-order valence-electron chi connectivity index (χ2n) is 5.82. The molecular weight excluding hydrogens is 261 g/mol. The highest BCUT2D eigenvalue weighted by atomic mass is 19.1. The molecule has 0 aliphatic carbocycles. The summed E-state index contributed by atoms with van der Waals surface area (Å²) in [5.74, 6) is -0.0967. The molecule has 0 amide bonds. The molecule has 1 fully saturated rings. The summed E-state index contributed by atoms with van der Waals surface area (Å²) in [7, 11) is 1.45. The predicted octanol–water partition coefficient (Wildman–Crippen LogP) is 1.81. The van der Waals surface area contributed by atoms with Gasteiger partial charge >= 0.3 is 0 Å². The van der Waals surface area contributed by atoms with E-state index in [2.05, 4.69) is 4.90 Å². The van der Waals surface area contributed by atoms with Crippen molar-refractivity contribution in [3.8, 4) is 5.75 Å². The van der Waals surface area contributed by atoms with Crippen LogP contribution in [0.25, 0.3) is 0 Å². The highest BCUT2D eigenvalue weighted by Gasteiger charge is 2.32. The fraction of sp³-hybridized carbons (Fsp3) is 0.600. The maximum Gasteiger partial charge on any atom is 0.165 e. The summed E-state index contributed by atoms with van der Waals surface area (Å²) in [4.78, 5) is 2.17. The van der Waals surface area contributed by atoms with E-state index in [1.807, 2.05) is 19.9 Å². The first-order valence-corrected chi connectivity index (χ1v) is 6.77. The smallest absolute Gasteiger partial charge is 0.165 e. The second-order valence-corrected chi connectivity index (χ2v) is 5.82. The van der Waals surface area contributed by atoms with E-state index in [-0.39, 0.29) is 29.9 Å². The summed E-state index contributed by atoms with van der Waals surface area (Å²) in [6.45, 7) is 6.01. The second kappa shape index (κ2) is 6.08. The quantitative estimate of drug-likeness (QED) is 0.915. The summed E-state index contributed by atoms with van der Waals surface area (Å²) < 4.78 is 24.4. The zero-order chi connectivity index (χ0) is 14.8. The normalized spacial score (nSPS) is 22.8. The van der Waals surface area contributed by atoms with Gasteiger partial charge in [0.2, 0.25) is 0 Å². The van der Waals surface area contributed by atoms with Gasteiger partial charge in [-0.2, -0.15) is 0 Å². The zero-order valence-corrected chi connectivity index (χ0v) is 12.2. The maximum atomic E-state index is 13.7. The molecule has 1 saturated heterocycles. The van der Waals surface area contributed by atoms with E-state index < -0.39 is 0 Å². The van der Waals surface area contributed by atoms with Gasteiger partial charge in [-0.25, -0.2) is 4.39 Å². The fourth-order valence-electron chi connectivity index (χ4n) is 2.70. The Morgan fingerprint density at radius 2 is 2.25 bits per heavy atom. The zero-order valence-electron chi connectivity index (χ0n) is 12.2. The Balaban J connectivity index is 2.07. The number of aliphatic hydroxyl groups is 1. The van der Waals surface area contributed by atoms with Gasteiger partial charge < -0.3 is 14.6 Å². The van der Waals surface area contributed by atoms with E-state index in [9.17, 15) is 9.50 Å². The van der Waals surface area contributed by atoms with Crippen molar-refractivity contribution in [1.29, 1.82) is 0 Å². The van der Waals surface area contributed by atoms with Crippen LogP contribution in [0.4, 0.5) is 4.39 Å². The van der Waals surface area contributed by atoms with E-state index in [4.69, 9.17) is 9.47 Å². The van der Waals surface area contributed by atoms with Crippen LogP contribution in [0.5, 0.6) is 5.75 Å². The Hall–Kier alpha value is -1.17. The number of methoxy groups -OCH3 is 1. The molecule has 0 bridgehead atoms. The minimum atomic E-state index is -0.351. The van der Waals surface area contributed by atoms with Gasteiger partial charge in [-0.15, -0.1) is 0 Å². The Morgan fingerprint density at radius 3 is 2.85 bits per heavy atom. The largest absolute Gasteiger partial charge is 0.494 e. The first-order chi connectivity index (χ1) is 9.43. The molecule has 20 heavy (non-hydrogen) atoms. The van der Waals surface area contributed by atoms with Crippen LogP contribution >= 0.6 is 0 Å². The van der Waals surface area contributed by atoms with Crippen LogP contribution in [0.2, 0.25) is 0 Å². The van der Waals surface area contributed by atoms with E-state index in [1.54, 1.807) is 6.07 Å². The number of hydrogen-bond acceptors (Lipinski definition) is 4. The molecule has 1 atom stereocenters. The van der Waals surface area contributed by atoms with Crippen LogP contribution in [0.15, 0.2) is 18.2 Å². The van der Waals surface area contributed by atoms with E-state index in [0.29, 0.717) is 13.1 Å². The number of nitrogens with zero attached hydrogens (tertiary/aromatic N) is 1. The number of ether oxygens (including phenoxy) is 2. The molecule has 1 N–H and O–H groups in total. The van der Waals surface area contributed by atoms with E-state index >= 15 is 0 Å². The number of aliphatic hydroxyl groups excluding tert-OH is 1. The minimum Gasteiger partial charge on any atom is -0.494 e. The van der Waals surface area contributed by atoms with Crippen molar-refractivity contribution in [2.75, 3.05) is 26.8 Å². The van der Waals surface area contributed by atoms with Crippen molar-refractivity contribution in [3.05, 3.63) is 29.6 Å². The third-order valence-corrected chi connectivity index (χ3v) is 3.38. The lowest BCUT2D eigenvalue weighted by molar-refractivity contribution is -0.150. The van der Waals surface area contributed by atoms with E-state index in [1.165, 1.54) is 13.2 Å². The standard InChI is InChI=1S/C15H22FNO3/c1-15(2)10-17(8-12(9-18)20-15)7-11-4-5-14(19-3)13(16)6-11/h4-6,12,18H,7-10H2,1-3H3. The molecule has 4 nitrogen and oxygen atoms in total. The molecule has 0 aromatic heterocycles. The topological polar surface area (TPSA) is 41.9 Å². The van der Waals surface area contributed by atoms with Crippen LogP contribution in [0.3, 0.4) is 0 Å². The first-order valence-electron chi connectivity index (χ1n) is 6.77. The van der Waals surface area contributed by atoms with Crippen molar-refractivity contribution in [3.63, 3.8) is 0 Å². The SMILES string of the molecule is COc1ccc(CN2CC(CO)OC(C)(C)C2)cc1F. The van der Waals surface area contributed by atoms with Crippen molar-refractivity contribution in [2.45, 2.75) is 32.1 Å². The Morgan fingerprint density at radius 1 is 1.50 bits per heavy atom. The molecule has 2 rings (SSSR count). The monoisotopic (exact) mass is 283 g/mol. The van der Waals surface area contributed by atoms with Gasteiger partial charge in [0.15, 0.2) is 11.6 Å². The Kier molecular flexibility index (Phi) is 4.62. The highest BCUT2D eigenvalue weighted by Crippen LogP contribution is 2.24. The molecule has 1 aromatic rings. The van der Waals surface area contributed by atoms with Gasteiger partial charge in [0, 0.05) is 19.6 Å². The molecule has 5 heteroatoms. The van der Waals surface area contributed by atoms with Gasteiger partial charge in [0.05, 0.1) is 25.4 Å². The van der Waals surface area contributed by atoms with Crippen LogP contribution < -0.4 is 4.74 Å². The lowest BCUT2D eigenvalue weighted by Crippen LogP contribution is -2.53. The van der Waals surface area contributed by atoms with Crippen LogP contribution in [-0.2, 0) is 11.3 Å². The predicted molar refractivity (Wildman–Crippen MR) is 74.3 cm³/mol. The third-order valence-electron chi connectivity index (χ3n) is 3.38. The summed E-state index contributed by atoms with van der Waals surface area (Å²) in [5, 5.41) is 9.29. The lowest BCUT2D eigenvalue weighted by Gasteiger charge is -2.42. The summed E-state index contributed by atoms with van der Waals surface area (Å²) >= 11 is 0. The number of halogens is 1. The molecule has 0 spiro atoms. The van der Waals surface area contributed by atoms with Crippen molar-refractivity contribution >= 4 is 0 Å². The van der Waals surface area contributed by atoms with E-state index in [0.717, 1.165) is 12.1 Å². The number of morpholine rings is 1. The van der Waals surface area contributed by atoms with Gasteiger partial charge in [-0.3, -0.25) is 4.90 Å². The van der Waals surface area contributed by atoms with Gasteiger partial charge in [0.25, 0.3) is 0 Å². The molecule has 1 heterocycles. The maximum absolute atomic E-state index is 13.7. The molecule has 0 saturated carbocycles. The molecule has 1 aliphatic heterocycles. The average Bonchev–Trinajstić information content (AvgIpc) is 2.37. The van der Waals surface area contributed by atoms with Crippen molar-refractivity contribution in [2.24, 2.45) is 0 Å². The van der Waals surface area contributed by atoms with Crippen LogP contribution in [-0.4, -0.2) is 48.5 Å². The number of rotatable bonds is 4. The fourth-order valence-corrected chi connectivity index (χ4v) is 2.70. The van der Waals surface area contributed by atoms with Gasteiger partial charge in [0.1, 0.15) is 0 Å². The Bertz CT molecular complexity index is 464. The molecule has 1 unspecified atom stereocenters. The van der Waals surface area contributed by atoms with Gasteiger partial charge in [-0.1, -0.05) is 6.07 Å². The average molecular weight is 283 g/mol. The number of hydrogen-bond donors (Lipinski definition) is 1.